The molecule has 3 aliphatic rings. The maximum absolute atomic E-state index is 9.40. The molecule has 5 nitrogen and oxygen atoms in total. The van der Waals surface area contributed by atoms with E-state index in [-0.39, 0.29) is 71.4 Å². The zero-order chi connectivity index (χ0) is 72.2. The van der Waals surface area contributed by atoms with E-state index in [0.717, 1.165) is 60.8 Å². The van der Waals surface area contributed by atoms with Gasteiger partial charge in [-0.05, 0) is 135 Å². The molecule has 476 valence electrons. The standard InChI is InChI=1S/C87H85N4OSi.Pt/c1-56-46-81(88-54-72(56)58-36-38-60(39-37-58)83(2,3)4)91-75-34-22-23-35-79(75)93(77-43-40-61(84(5,6)7)50-70(77)71-51-62(85(8,9)10)41-44-78(71)93)80-45-42-67(53-76(80)91)92-66-29-24-28-65(52-66)89-55-90(74-33-21-20-32-73(74)89)82-68(57-26-18-17-19-27-57)30-25-31-69(82)59-47-63(86(11,12)13)49-64(48-59)87(14,15)16;/h17-51,54-55H,1-16H3;/q-3;/i1D3,17D,18D,19D,26D,27D;. The second-order valence-corrected chi connectivity index (χ2v) is 34.1. The van der Waals surface area contributed by atoms with Crippen LogP contribution in [0.5, 0.6) is 11.5 Å². The van der Waals surface area contributed by atoms with Gasteiger partial charge in [0.15, 0.2) is 0 Å². The van der Waals surface area contributed by atoms with Crippen molar-refractivity contribution in [2.24, 2.45) is 0 Å². The predicted molar refractivity (Wildman–Crippen MR) is 395 cm³/mol. The van der Waals surface area contributed by atoms with E-state index in [0.29, 0.717) is 45.5 Å². The predicted octanol–water partition coefficient (Wildman–Crippen LogP) is 20.8. The summed E-state index contributed by atoms with van der Waals surface area (Å²) in [5.74, 6) is 1.23. The van der Waals surface area contributed by atoms with E-state index in [1.165, 1.54) is 32.6 Å². The van der Waals surface area contributed by atoms with Crippen molar-refractivity contribution < 1.29 is 36.8 Å². The molecule has 14 rings (SSSR count). The smallest absolute Gasteiger partial charge is 0.135 e. The van der Waals surface area contributed by atoms with Crippen LogP contribution in [-0.2, 0) is 48.1 Å². The molecule has 0 bridgehead atoms. The average Bonchev–Trinajstić information content (AvgIpc) is 1.46. The SMILES string of the molecule is [2H]c1c([2H])c([2H])c(-c2cccc(-c3cc(C(C)(C)C)cc(C(C)(C)C)c3)c2N2[CH-]N(c3[c-]c(Oc4[c-]c5c(cc4)[Si]4(c6ccc(C(C)(C)C)cc6-c6cc(C(C)(C)C)ccc64)c4ccccc4N5c4cc(C([2H])([2H])[2H])c(-c5ccc(C(C)(C)C)cc5)cn4)ccc3)c3ccccc32)c([2H])c1[2H].[Pt]. The summed E-state index contributed by atoms with van der Waals surface area (Å²) in [7, 11) is -3.31. The third kappa shape index (κ3) is 11.2. The van der Waals surface area contributed by atoms with Crippen molar-refractivity contribution in [2.75, 3.05) is 14.7 Å². The molecule has 0 amide bonds. The number of fused-ring (bicyclic) bond motifs is 10. The first-order chi connectivity index (χ1) is 47.4. The normalized spacial score (nSPS) is 15.4. The van der Waals surface area contributed by atoms with Crippen LogP contribution in [0, 0.1) is 25.7 Å². The largest absolute Gasteiger partial charge is 0.509 e. The maximum Gasteiger partial charge on any atom is 0.135 e. The number of nitrogens with zero attached hydrogens (tertiary/aromatic N) is 4. The van der Waals surface area contributed by atoms with E-state index in [1.807, 2.05) is 84.4 Å². The Labute approximate surface area is 586 Å². The number of hydrogen-bond donors (Lipinski definition) is 0. The van der Waals surface area contributed by atoms with Crippen LogP contribution in [0.3, 0.4) is 0 Å². The Bertz CT molecular complexity index is 5060. The molecule has 0 fully saturated rings. The van der Waals surface area contributed by atoms with E-state index in [1.54, 1.807) is 12.3 Å². The Kier molecular flexibility index (Phi) is 13.7. The molecule has 0 N–H and O–H groups in total. The first-order valence-corrected chi connectivity index (χ1v) is 34.4. The topological polar surface area (TPSA) is 31.8 Å². The fourth-order valence-electron chi connectivity index (χ4n) is 13.8. The average molecular weight is 1430 g/mol. The van der Waals surface area contributed by atoms with Crippen molar-refractivity contribution in [3.8, 4) is 56.0 Å². The van der Waals surface area contributed by atoms with Gasteiger partial charge in [0.25, 0.3) is 0 Å². The number of para-hydroxylation sites is 4. The molecule has 0 atom stereocenters. The van der Waals surface area contributed by atoms with Gasteiger partial charge in [0.05, 0.1) is 6.85 Å². The molecule has 0 radical (unpaired) electrons. The van der Waals surface area contributed by atoms with Gasteiger partial charge in [0, 0.05) is 82.3 Å². The Morgan fingerprint density at radius 1 is 0.436 bits per heavy atom. The molecular formula is C87H85N4OPtSi-3. The Balaban J connectivity index is 0.00000928. The van der Waals surface area contributed by atoms with Gasteiger partial charge in [0.2, 0.25) is 0 Å². The minimum atomic E-state index is -3.31. The zero-order valence-corrected chi connectivity index (χ0v) is 59.8. The second kappa shape index (κ2) is 23.4. The van der Waals surface area contributed by atoms with Gasteiger partial charge >= 0.3 is 0 Å². The minimum absolute atomic E-state index is 0. The molecule has 4 heterocycles. The number of anilines is 7. The number of hydrogen-bond acceptors (Lipinski definition) is 5. The van der Waals surface area contributed by atoms with Crippen molar-refractivity contribution in [1.82, 2.24) is 4.98 Å². The summed E-state index contributed by atoms with van der Waals surface area (Å²) in [5, 5.41) is 4.73. The van der Waals surface area contributed by atoms with Crippen LogP contribution in [0.15, 0.2) is 218 Å². The van der Waals surface area contributed by atoms with E-state index < -0.39 is 33.1 Å². The fraction of sp³-hybridized carbons (Fsp3) is 0.241. The molecule has 3 aliphatic heterocycles. The molecule has 11 aromatic rings. The molecule has 1 spiro atoms. The number of aryl methyl sites for hydroxylation is 1. The van der Waals surface area contributed by atoms with Gasteiger partial charge in [-0.3, -0.25) is 0 Å². The van der Waals surface area contributed by atoms with E-state index in [2.05, 4.69) is 229 Å². The molecule has 0 unspecified atom stereocenters. The van der Waals surface area contributed by atoms with Crippen LogP contribution in [0.4, 0.5) is 39.9 Å². The van der Waals surface area contributed by atoms with Crippen molar-refractivity contribution in [3.63, 3.8) is 0 Å². The van der Waals surface area contributed by atoms with E-state index in [4.69, 9.17) is 17.9 Å². The van der Waals surface area contributed by atoms with E-state index >= 15 is 0 Å². The van der Waals surface area contributed by atoms with Crippen LogP contribution >= 0.6 is 0 Å². The van der Waals surface area contributed by atoms with Crippen molar-refractivity contribution in [1.29, 1.82) is 0 Å². The van der Waals surface area contributed by atoms with Crippen LogP contribution in [0.1, 0.15) is 148 Å². The number of benzene rings is 10. The number of ether oxygens (including phenoxy) is 1. The Morgan fingerprint density at radius 3 is 1.56 bits per heavy atom. The molecule has 0 saturated carbocycles. The number of pyridine rings is 1. The molecule has 10 aromatic carbocycles. The third-order valence-electron chi connectivity index (χ3n) is 19.0. The summed E-state index contributed by atoms with van der Waals surface area (Å²) in [5.41, 5.74) is 15.7. The molecular weight excluding hydrogens is 1340 g/mol. The van der Waals surface area contributed by atoms with Gasteiger partial charge in [-0.1, -0.05) is 267 Å². The summed E-state index contributed by atoms with van der Waals surface area (Å²) >= 11 is 0. The van der Waals surface area contributed by atoms with Crippen LogP contribution in [0.25, 0.3) is 44.5 Å². The monoisotopic (exact) mass is 1430 g/mol. The van der Waals surface area contributed by atoms with Gasteiger partial charge in [-0.15, -0.1) is 47.9 Å². The maximum atomic E-state index is 9.40. The van der Waals surface area contributed by atoms with E-state index in [9.17, 15) is 2.74 Å². The fourth-order valence-corrected chi connectivity index (χ4v) is 19.2. The summed E-state index contributed by atoms with van der Waals surface area (Å²) in [6.07, 6.45) is 1.72. The first kappa shape index (κ1) is 54.8. The van der Waals surface area contributed by atoms with Gasteiger partial charge in [-0.25, -0.2) is 4.98 Å². The number of rotatable bonds is 8. The minimum Gasteiger partial charge on any atom is -0.509 e. The third-order valence-corrected chi connectivity index (χ3v) is 23.9. The summed E-state index contributed by atoms with van der Waals surface area (Å²) < 4.78 is 79.8. The van der Waals surface area contributed by atoms with Crippen LogP contribution in [0.2, 0.25) is 0 Å². The van der Waals surface area contributed by atoms with Gasteiger partial charge in [-0.2, -0.15) is 12.1 Å². The number of aromatic nitrogens is 1. The van der Waals surface area contributed by atoms with Crippen molar-refractivity contribution in [2.45, 2.75) is 138 Å². The Hall–Kier alpha value is -8.54. The van der Waals surface area contributed by atoms with Crippen molar-refractivity contribution in [3.05, 3.63) is 271 Å². The molecule has 0 aliphatic carbocycles. The molecule has 94 heavy (non-hydrogen) atoms. The Morgan fingerprint density at radius 2 is 0.968 bits per heavy atom. The second-order valence-electron chi connectivity index (χ2n) is 30.5. The van der Waals surface area contributed by atoms with Gasteiger partial charge in [0.1, 0.15) is 13.9 Å². The van der Waals surface area contributed by atoms with Gasteiger partial charge < -0.3 is 19.4 Å². The van der Waals surface area contributed by atoms with Crippen molar-refractivity contribution >= 4 is 68.8 Å². The zero-order valence-electron chi connectivity index (χ0n) is 64.5. The summed E-state index contributed by atoms with van der Waals surface area (Å²) in [6, 6.07) is 68.9. The molecule has 7 heteroatoms. The summed E-state index contributed by atoms with van der Waals surface area (Å²) in [6.45, 7) is 32.8. The summed E-state index contributed by atoms with van der Waals surface area (Å²) in [4.78, 5) is 11.5. The molecule has 0 saturated heterocycles. The first-order valence-electron chi connectivity index (χ1n) is 36.4. The van der Waals surface area contributed by atoms with Crippen LogP contribution in [-0.4, -0.2) is 13.1 Å². The molecule has 1 aromatic heterocycles. The van der Waals surface area contributed by atoms with Crippen LogP contribution < -0.4 is 40.2 Å². The quantitative estimate of drug-likeness (QED) is 0.112.